The van der Waals surface area contributed by atoms with E-state index < -0.39 is 8.53 Å². The highest BCUT2D eigenvalue weighted by Gasteiger charge is 1.53. The normalized spacial score (nSPS) is 12.3. The summed E-state index contributed by atoms with van der Waals surface area (Å²) in [5.41, 5.74) is 0. The second kappa shape index (κ2) is 2.94. The Morgan fingerprint density at radius 1 is 2.00 bits per heavy atom. The van der Waals surface area contributed by atoms with E-state index in [-0.39, 0.29) is 0 Å². The third kappa shape index (κ3) is 3.73. The molecule has 6 heavy (non-hydrogen) atoms. The highest BCUT2D eigenvalue weighted by molar-refractivity contribution is 7.42. The van der Waals surface area contributed by atoms with Crippen LogP contribution in [-0.4, -0.2) is 10.9 Å². The molecule has 1 atom stereocenters. The SMILES string of the molecule is [N-]=C=NP([O-])O. The Morgan fingerprint density at radius 2 is 2.50 bits per heavy atom. The number of hydrogen-bond acceptors (Lipinski definition) is 3. The molecule has 0 spiro atoms. The molecule has 0 aromatic heterocycles. The van der Waals surface area contributed by atoms with Crippen molar-refractivity contribution < 1.29 is 9.79 Å². The van der Waals surface area contributed by atoms with E-state index in [1.165, 1.54) is 0 Å². The molecule has 0 rings (SSSR count). The molecule has 1 N–H and O–H groups in total. The second-order valence-corrected chi connectivity index (χ2v) is 1.16. The number of rotatable bonds is 1. The fourth-order valence-electron chi connectivity index (χ4n) is 0.0383. The Morgan fingerprint density at radius 3 is 2.50 bits per heavy atom. The molecule has 0 saturated heterocycles. The minimum absolute atomic E-state index is 1.16. The Balaban J connectivity index is 3.29. The Hall–Kier alpha value is -0.270. The molecule has 5 heteroatoms. The lowest BCUT2D eigenvalue weighted by Crippen LogP contribution is -1.86. The van der Waals surface area contributed by atoms with Gasteiger partial charge in [-0.1, -0.05) is 8.53 Å². The van der Waals surface area contributed by atoms with Crippen LogP contribution in [0.2, 0.25) is 0 Å². The fourth-order valence-corrected chi connectivity index (χ4v) is 0.115. The first-order valence-electron chi connectivity index (χ1n) is 1.03. The monoisotopic (exact) mass is 104 g/mol. The van der Waals surface area contributed by atoms with Crippen molar-refractivity contribution in [3.05, 3.63) is 5.41 Å². The Bertz CT molecular complexity index is 75.6. The second-order valence-electron chi connectivity index (χ2n) is 0.453. The summed E-state index contributed by atoms with van der Waals surface area (Å²) in [5.74, 6) is 0. The van der Waals surface area contributed by atoms with Crippen LogP contribution < -0.4 is 4.89 Å². The van der Waals surface area contributed by atoms with Crippen LogP contribution in [0.15, 0.2) is 4.76 Å². The van der Waals surface area contributed by atoms with Gasteiger partial charge in [-0.25, -0.2) is 0 Å². The zero-order chi connectivity index (χ0) is 4.99. The van der Waals surface area contributed by atoms with Gasteiger partial charge in [0.1, 0.15) is 0 Å². The molecule has 0 amide bonds. The highest BCUT2D eigenvalue weighted by Crippen LogP contribution is 2.15. The first-order valence-corrected chi connectivity index (χ1v) is 2.19. The van der Waals surface area contributed by atoms with Crippen LogP contribution in [0.4, 0.5) is 0 Å². The van der Waals surface area contributed by atoms with Crippen LogP contribution in [0.3, 0.4) is 0 Å². The molecule has 1 unspecified atom stereocenters. The van der Waals surface area contributed by atoms with E-state index in [1.807, 2.05) is 0 Å². The molecule has 0 saturated carbocycles. The van der Waals surface area contributed by atoms with Gasteiger partial charge in [-0.3, -0.25) is 0 Å². The van der Waals surface area contributed by atoms with Crippen LogP contribution in [0, 0.1) is 0 Å². The minimum Gasteiger partial charge on any atom is -0.808 e. The largest absolute Gasteiger partial charge is 0.808 e. The van der Waals surface area contributed by atoms with Crippen molar-refractivity contribution in [2.75, 3.05) is 0 Å². The minimum atomic E-state index is -2.59. The van der Waals surface area contributed by atoms with Gasteiger partial charge in [0.05, 0.1) is 0 Å². The molecular weight excluding hydrogens is 103 g/mol. The van der Waals surface area contributed by atoms with Gasteiger partial charge in [-0.15, -0.1) is 0 Å². The predicted molar refractivity (Wildman–Crippen MR) is 19.9 cm³/mol. The predicted octanol–water partition coefficient (Wildman–Crippen LogP) is -0.691. The lowest BCUT2D eigenvalue weighted by atomic mass is 11.6. The van der Waals surface area contributed by atoms with Crippen molar-refractivity contribution >= 4 is 14.5 Å². The van der Waals surface area contributed by atoms with Crippen molar-refractivity contribution in [3.63, 3.8) is 0 Å². The molecule has 0 heterocycles. The maximum absolute atomic E-state index is 9.36. The molecule has 0 radical (unpaired) electrons. The first-order chi connectivity index (χ1) is 2.77. The van der Waals surface area contributed by atoms with Crippen LogP contribution >= 0.6 is 8.53 Å². The van der Waals surface area contributed by atoms with Crippen LogP contribution in [-0.2, 0) is 0 Å². The molecule has 34 valence electrons. The summed E-state index contributed by atoms with van der Waals surface area (Å²) in [6.45, 7) is 0. The van der Waals surface area contributed by atoms with E-state index in [0.717, 1.165) is 6.01 Å². The van der Waals surface area contributed by atoms with E-state index in [2.05, 4.69) is 4.76 Å². The van der Waals surface area contributed by atoms with Crippen molar-refractivity contribution in [3.8, 4) is 0 Å². The van der Waals surface area contributed by atoms with Gasteiger partial charge in [-0.2, -0.15) is 6.01 Å². The van der Waals surface area contributed by atoms with E-state index >= 15 is 0 Å². The zero-order valence-electron chi connectivity index (χ0n) is 2.70. The smallest absolute Gasteiger partial charge is 0.0504 e. The molecule has 0 aliphatic rings. The van der Waals surface area contributed by atoms with E-state index in [9.17, 15) is 4.89 Å². The van der Waals surface area contributed by atoms with Crippen LogP contribution in [0.25, 0.3) is 5.41 Å². The van der Waals surface area contributed by atoms with Gasteiger partial charge in [-0.05, 0) is 0 Å². The van der Waals surface area contributed by atoms with Gasteiger partial charge in [0.2, 0.25) is 0 Å². The maximum atomic E-state index is 9.36. The van der Waals surface area contributed by atoms with Crippen molar-refractivity contribution in [2.45, 2.75) is 0 Å². The quantitative estimate of drug-likeness (QED) is 0.353. The Kier molecular flexibility index (Phi) is 2.81. The van der Waals surface area contributed by atoms with Gasteiger partial charge >= 0.3 is 0 Å². The summed E-state index contributed by atoms with van der Waals surface area (Å²) in [6, 6.07) is 1.16. The molecular formula is CHN2O2P-2. The van der Waals surface area contributed by atoms with E-state index in [0.29, 0.717) is 0 Å². The van der Waals surface area contributed by atoms with Gasteiger partial charge in [0.15, 0.2) is 0 Å². The fraction of sp³-hybridized carbons (Fsp3) is 0. The summed E-state index contributed by atoms with van der Waals surface area (Å²) in [5, 5.41) is 7.48. The van der Waals surface area contributed by atoms with Crippen molar-refractivity contribution in [1.29, 1.82) is 0 Å². The molecule has 4 nitrogen and oxygen atoms in total. The first kappa shape index (κ1) is 5.73. The highest BCUT2D eigenvalue weighted by atomic mass is 31.2. The summed E-state index contributed by atoms with van der Waals surface area (Å²) < 4.78 is 2.50. The maximum Gasteiger partial charge on any atom is -0.0504 e. The lowest BCUT2D eigenvalue weighted by molar-refractivity contribution is -0.175. The van der Waals surface area contributed by atoms with E-state index in [1.54, 1.807) is 0 Å². The van der Waals surface area contributed by atoms with Crippen molar-refractivity contribution in [1.82, 2.24) is 0 Å². The molecule has 0 fully saturated rings. The third-order valence-corrected chi connectivity index (χ3v) is 0.391. The van der Waals surface area contributed by atoms with Gasteiger partial charge < -0.3 is 20.0 Å². The number of nitrogens with zero attached hydrogens (tertiary/aromatic N) is 2. The molecule has 0 aliphatic heterocycles. The van der Waals surface area contributed by atoms with E-state index in [4.69, 9.17) is 10.3 Å². The van der Waals surface area contributed by atoms with Gasteiger partial charge in [0, 0.05) is 0 Å². The molecule has 0 bridgehead atoms. The molecule has 0 aliphatic carbocycles. The standard InChI is InChI=1S/CHN2O2P/c2-1-3-6(4)5/h4H/q-2. The van der Waals surface area contributed by atoms with Crippen molar-refractivity contribution in [2.24, 2.45) is 4.76 Å². The summed E-state index contributed by atoms with van der Waals surface area (Å²) in [4.78, 5) is 17.0. The summed E-state index contributed by atoms with van der Waals surface area (Å²) in [7, 11) is -2.59. The third-order valence-electron chi connectivity index (χ3n) is 0.130. The molecule has 0 aromatic rings. The van der Waals surface area contributed by atoms with Gasteiger partial charge in [0.25, 0.3) is 0 Å². The zero-order valence-corrected chi connectivity index (χ0v) is 3.59. The average Bonchev–Trinajstić information content (AvgIpc) is 1.35. The lowest BCUT2D eigenvalue weighted by Gasteiger charge is -2.11. The summed E-state index contributed by atoms with van der Waals surface area (Å²) in [6.07, 6.45) is 0. The topological polar surface area (TPSA) is 78.0 Å². The number of hydrogen-bond donors (Lipinski definition) is 1. The average molecular weight is 104 g/mol. The van der Waals surface area contributed by atoms with Crippen LogP contribution in [0.5, 0.6) is 0 Å². The summed E-state index contributed by atoms with van der Waals surface area (Å²) >= 11 is 0. The molecule has 0 aromatic carbocycles. The van der Waals surface area contributed by atoms with Crippen LogP contribution in [0.1, 0.15) is 0 Å². The Labute approximate surface area is 35.6 Å².